The predicted molar refractivity (Wildman–Crippen MR) is 80.2 cm³/mol. The molecular formula is C16H22N2O3. The van der Waals surface area contributed by atoms with E-state index in [1.165, 1.54) is 0 Å². The third-order valence-electron chi connectivity index (χ3n) is 4.74. The van der Waals surface area contributed by atoms with Crippen LogP contribution in [-0.4, -0.2) is 42.9 Å². The molecule has 0 radical (unpaired) electrons. The number of carbonyl (C=O) groups is 1. The number of para-hydroxylation sites is 1. The molecule has 1 aromatic rings. The average molecular weight is 290 g/mol. The first kappa shape index (κ1) is 14.5. The van der Waals surface area contributed by atoms with E-state index in [0.29, 0.717) is 26.0 Å². The Labute approximate surface area is 124 Å². The van der Waals surface area contributed by atoms with Crippen LogP contribution in [0.1, 0.15) is 31.4 Å². The largest absolute Gasteiger partial charge is 0.386 e. The van der Waals surface area contributed by atoms with Gasteiger partial charge in [0, 0.05) is 44.8 Å². The normalized spacial score (nSPS) is 32.3. The van der Waals surface area contributed by atoms with Crippen molar-refractivity contribution < 1.29 is 14.6 Å². The quantitative estimate of drug-likeness (QED) is 0.879. The van der Waals surface area contributed by atoms with Crippen LogP contribution in [0.2, 0.25) is 0 Å². The highest BCUT2D eigenvalue weighted by atomic mass is 16.5. The average Bonchev–Trinajstić information content (AvgIpc) is 2.81. The molecule has 21 heavy (non-hydrogen) atoms. The maximum atomic E-state index is 12.1. The fourth-order valence-corrected chi connectivity index (χ4v) is 3.13. The van der Waals surface area contributed by atoms with E-state index in [2.05, 4.69) is 5.32 Å². The van der Waals surface area contributed by atoms with Crippen LogP contribution in [0.4, 0.5) is 5.69 Å². The maximum absolute atomic E-state index is 12.1. The lowest BCUT2D eigenvalue weighted by molar-refractivity contribution is -0.119. The van der Waals surface area contributed by atoms with Crippen LogP contribution in [0.15, 0.2) is 24.3 Å². The van der Waals surface area contributed by atoms with Crippen molar-refractivity contribution in [2.75, 3.05) is 25.1 Å². The van der Waals surface area contributed by atoms with Gasteiger partial charge >= 0.3 is 0 Å². The number of anilines is 1. The zero-order chi connectivity index (χ0) is 15.0. The molecule has 114 valence electrons. The van der Waals surface area contributed by atoms with Gasteiger partial charge in [0.15, 0.2) is 0 Å². The van der Waals surface area contributed by atoms with Gasteiger partial charge in [0.2, 0.25) is 5.91 Å². The Balaban J connectivity index is 1.77. The third-order valence-corrected chi connectivity index (χ3v) is 4.74. The van der Waals surface area contributed by atoms with E-state index in [4.69, 9.17) is 4.74 Å². The number of nitrogens with one attached hydrogen (secondary N) is 1. The number of hydrogen-bond donors (Lipinski definition) is 2. The number of rotatable bonds is 3. The monoisotopic (exact) mass is 290 g/mol. The number of carbonyl (C=O) groups excluding carboxylic acids is 1. The molecule has 0 saturated carbocycles. The first-order valence-corrected chi connectivity index (χ1v) is 7.44. The number of aliphatic hydroxyl groups is 1. The van der Waals surface area contributed by atoms with E-state index in [0.717, 1.165) is 11.3 Å². The fourth-order valence-electron chi connectivity index (χ4n) is 3.13. The van der Waals surface area contributed by atoms with Gasteiger partial charge in [0.1, 0.15) is 5.60 Å². The van der Waals surface area contributed by atoms with E-state index in [-0.39, 0.29) is 18.1 Å². The molecule has 0 spiro atoms. The Kier molecular flexibility index (Phi) is 3.73. The van der Waals surface area contributed by atoms with E-state index in [9.17, 15) is 9.90 Å². The van der Waals surface area contributed by atoms with E-state index in [1.54, 1.807) is 11.9 Å². The van der Waals surface area contributed by atoms with Crippen LogP contribution < -0.4 is 10.2 Å². The standard InChI is InChI=1S/C16H22N2O3/c1-11-16(20,7-8-21-11)10-17-13-9-15(19)18(2)14-6-4-3-5-12(13)14/h3-6,11,13,17,20H,7-10H2,1-2H3. The Morgan fingerprint density at radius 1 is 1.48 bits per heavy atom. The van der Waals surface area contributed by atoms with E-state index < -0.39 is 5.60 Å². The van der Waals surface area contributed by atoms with Crippen LogP contribution in [0, 0.1) is 0 Å². The Morgan fingerprint density at radius 3 is 2.95 bits per heavy atom. The number of amides is 1. The van der Waals surface area contributed by atoms with Crippen LogP contribution in [0.3, 0.4) is 0 Å². The van der Waals surface area contributed by atoms with Crippen molar-refractivity contribution in [2.24, 2.45) is 0 Å². The lowest BCUT2D eigenvalue weighted by Gasteiger charge is -2.34. The van der Waals surface area contributed by atoms with Crippen LogP contribution in [0.5, 0.6) is 0 Å². The summed E-state index contributed by atoms with van der Waals surface area (Å²) < 4.78 is 5.45. The smallest absolute Gasteiger partial charge is 0.228 e. The second-order valence-corrected chi connectivity index (χ2v) is 6.02. The molecule has 2 aliphatic rings. The van der Waals surface area contributed by atoms with Gasteiger partial charge in [-0.25, -0.2) is 0 Å². The Morgan fingerprint density at radius 2 is 2.24 bits per heavy atom. The van der Waals surface area contributed by atoms with Crippen LogP contribution in [0.25, 0.3) is 0 Å². The first-order chi connectivity index (χ1) is 10.0. The zero-order valence-corrected chi connectivity index (χ0v) is 12.5. The second kappa shape index (κ2) is 5.40. The van der Waals surface area contributed by atoms with Gasteiger partial charge in [-0.3, -0.25) is 4.79 Å². The minimum atomic E-state index is -0.846. The third kappa shape index (κ3) is 2.57. The Hall–Kier alpha value is -1.43. The van der Waals surface area contributed by atoms with E-state index in [1.807, 2.05) is 31.2 Å². The molecule has 2 heterocycles. The minimum Gasteiger partial charge on any atom is -0.386 e. The van der Waals surface area contributed by atoms with Gasteiger partial charge < -0.3 is 20.1 Å². The summed E-state index contributed by atoms with van der Waals surface area (Å²) in [5.74, 6) is 0.0916. The van der Waals surface area contributed by atoms with Crippen molar-refractivity contribution in [3.8, 4) is 0 Å². The summed E-state index contributed by atoms with van der Waals surface area (Å²) in [7, 11) is 1.80. The van der Waals surface area contributed by atoms with Crippen LogP contribution >= 0.6 is 0 Å². The molecule has 1 amide bonds. The summed E-state index contributed by atoms with van der Waals surface area (Å²) in [6.07, 6.45) is 0.865. The first-order valence-electron chi connectivity index (χ1n) is 7.44. The molecular weight excluding hydrogens is 268 g/mol. The number of ether oxygens (including phenoxy) is 1. The van der Waals surface area contributed by atoms with Crippen molar-refractivity contribution in [2.45, 2.75) is 37.5 Å². The topological polar surface area (TPSA) is 61.8 Å². The molecule has 3 rings (SSSR count). The highest BCUT2D eigenvalue weighted by molar-refractivity contribution is 5.96. The van der Waals surface area contributed by atoms with Gasteiger partial charge in [0.05, 0.1) is 6.10 Å². The van der Waals surface area contributed by atoms with Gasteiger partial charge in [-0.15, -0.1) is 0 Å². The van der Waals surface area contributed by atoms with Gasteiger partial charge in [-0.1, -0.05) is 18.2 Å². The molecule has 5 nitrogen and oxygen atoms in total. The summed E-state index contributed by atoms with van der Waals surface area (Å²) in [5.41, 5.74) is 1.20. The molecule has 0 bridgehead atoms. The molecule has 3 unspecified atom stereocenters. The summed E-state index contributed by atoms with van der Waals surface area (Å²) in [4.78, 5) is 13.8. The molecule has 2 aliphatic heterocycles. The molecule has 3 atom stereocenters. The second-order valence-electron chi connectivity index (χ2n) is 6.02. The summed E-state index contributed by atoms with van der Waals surface area (Å²) in [6, 6.07) is 7.85. The van der Waals surface area contributed by atoms with Crippen molar-refractivity contribution in [3.05, 3.63) is 29.8 Å². The molecule has 1 aromatic carbocycles. The summed E-state index contributed by atoms with van der Waals surface area (Å²) >= 11 is 0. The zero-order valence-electron chi connectivity index (χ0n) is 12.5. The highest BCUT2D eigenvalue weighted by Gasteiger charge is 2.40. The number of nitrogens with zero attached hydrogens (tertiary/aromatic N) is 1. The molecule has 1 saturated heterocycles. The van der Waals surface area contributed by atoms with Gasteiger partial charge in [0.25, 0.3) is 0 Å². The van der Waals surface area contributed by atoms with Gasteiger partial charge in [-0.05, 0) is 18.6 Å². The van der Waals surface area contributed by atoms with Gasteiger partial charge in [-0.2, -0.15) is 0 Å². The molecule has 0 aromatic heterocycles. The minimum absolute atomic E-state index is 0.0540. The molecule has 2 N–H and O–H groups in total. The predicted octanol–water partition coefficient (Wildman–Crippen LogP) is 1.22. The van der Waals surface area contributed by atoms with Crippen LogP contribution in [-0.2, 0) is 9.53 Å². The molecule has 1 fully saturated rings. The lowest BCUT2D eigenvalue weighted by atomic mass is 9.93. The number of fused-ring (bicyclic) bond motifs is 1. The fraction of sp³-hybridized carbons (Fsp3) is 0.562. The summed E-state index contributed by atoms with van der Waals surface area (Å²) in [6.45, 7) is 2.91. The van der Waals surface area contributed by atoms with Crippen molar-refractivity contribution in [1.29, 1.82) is 0 Å². The SMILES string of the molecule is CC1OCCC1(O)CNC1CC(=O)N(C)c2ccccc21. The molecule has 0 aliphatic carbocycles. The number of hydrogen-bond acceptors (Lipinski definition) is 4. The Bertz CT molecular complexity index is 548. The van der Waals surface area contributed by atoms with Crippen molar-refractivity contribution >= 4 is 11.6 Å². The summed E-state index contributed by atoms with van der Waals surface area (Å²) in [5, 5.41) is 13.9. The number of benzene rings is 1. The molecule has 5 heteroatoms. The van der Waals surface area contributed by atoms with E-state index >= 15 is 0 Å². The lowest BCUT2D eigenvalue weighted by Crippen LogP contribution is -2.48. The van der Waals surface area contributed by atoms with Crippen molar-refractivity contribution in [3.63, 3.8) is 0 Å². The highest BCUT2D eigenvalue weighted by Crippen LogP contribution is 2.34. The van der Waals surface area contributed by atoms with Crippen molar-refractivity contribution in [1.82, 2.24) is 5.32 Å². The maximum Gasteiger partial charge on any atom is 0.228 e.